The lowest BCUT2D eigenvalue weighted by molar-refractivity contribution is -0.140. The van der Waals surface area contributed by atoms with Crippen LogP contribution in [-0.2, 0) is 9.59 Å². The number of nitrogens with zero attached hydrogens (tertiary/aromatic N) is 2. The fourth-order valence-electron chi connectivity index (χ4n) is 4.05. The molecule has 35 heavy (non-hydrogen) atoms. The molecule has 0 saturated carbocycles. The van der Waals surface area contributed by atoms with Crippen molar-refractivity contribution in [3.05, 3.63) is 64.7 Å². The van der Waals surface area contributed by atoms with Crippen LogP contribution < -0.4 is 9.47 Å². The van der Waals surface area contributed by atoms with Gasteiger partial charge < -0.3 is 24.4 Å². The molecule has 7 nitrogen and oxygen atoms in total. The molecule has 2 aromatic carbocycles. The molecule has 1 heterocycles. The van der Waals surface area contributed by atoms with Crippen LogP contribution in [0.15, 0.2) is 48.0 Å². The molecule has 2 aromatic rings. The number of hydrogen-bond acceptors (Lipinski definition) is 6. The molecule has 7 heteroatoms. The van der Waals surface area contributed by atoms with Crippen LogP contribution in [0.5, 0.6) is 11.5 Å². The van der Waals surface area contributed by atoms with E-state index in [-0.39, 0.29) is 11.3 Å². The number of ketones is 1. The Morgan fingerprint density at radius 1 is 1.09 bits per heavy atom. The van der Waals surface area contributed by atoms with E-state index in [0.29, 0.717) is 43.5 Å². The Morgan fingerprint density at radius 2 is 1.77 bits per heavy atom. The normalized spacial score (nSPS) is 17.5. The Kier molecular flexibility index (Phi) is 8.57. The van der Waals surface area contributed by atoms with Gasteiger partial charge in [-0.05, 0) is 75.3 Å². The van der Waals surface area contributed by atoms with E-state index >= 15 is 0 Å². The molecular formula is C28H36N2O5. The number of likely N-dealkylation sites (N-methyl/N-ethyl adjacent to an activating group) is 1. The molecule has 3 rings (SSSR count). The monoisotopic (exact) mass is 480 g/mol. The molecule has 1 saturated heterocycles. The standard InChI is InChI=1S/C28H36N2O5/c1-7-34-22-11-8-20(9-12-22)25-24(27(32)28(33)30(25)15-14-29(5)6)26(31)21-10-13-23(19(4)16-21)35-17-18(2)3/h8-13,16,18,25,31H,7,14-15,17H2,1-6H3/b26-24-. The predicted octanol–water partition coefficient (Wildman–Crippen LogP) is 4.41. The third-order valence-electron chi connectivity index (χ3n) is 5.86. The zero-order chi connectivity index (χ0) is 25.7. The highest BCUT2D eigenvalue weighted by Crippen LogP contribution is 2.40. The maximum atomic E-state index is 13.2. The second kappa shape index (κ2) is 11.4. The fraction of sp³-hybridized carbons (Fsp3) is 0.429. The number of aliphatic hydroxyl groups excluding tert-OH is 1. The first-order chi connectivity index (χ1) is 16.6. The molecule has 1 unspecified atom stereocenters. The molecule has 0 aromatic heterocycles. The van der Waals surface area contributed by atoms with Gasteiger partial charge in [0.2, 0.25) is 0 Å². The van der Waals surface area contributed by atoms with Crippen LogP contribution >= 0.6 is 0 Å². The van der Waals surface area contributed by atoms with Gasteiger partial charge in [-0.3, -0.25) is 9.59 Å². The molecule has 0 bridgehead atoms. The van der Waals surface area contributed by atoms with E-state index in [1.165, 1.54) is 4.90 Å². The minimum Gasteiger partial charge on any atom is -0.507 e. The van der Waals surface area contributed by atoms with Gasteiger partial charge in [-0.2, -0.15) is 0 Å². The zero-order valence-electron chi connectivity index (χ0n) is 21.5. The van der Waals surface area contributed by atoms with Crippen LogP contribution in [0.4, 0.5) is 0 Å². The summed E-state index contributed by atoms with van der Waals surface area (Å²) in [6.45, 7) is 10.0. The molecule has 0 radical (unpaired) electrons. The molecule has 1 N–H and O–H groups in total. The highest BCUT2D eigenvalue weighted by atomic mass is 16.5. The number of benzene rings is 2. The number of carbonyl (C=O) groups is 2. The van der Waals surface area contributed by atoms with E-state index in [1.807, 2.05) is 57.1 Å². The maximum Gasteiger partial charge on any atom is 0.295 e. The summed E-state index contributed by atoms with van der Waals surface area (Å²) in [5.74, 6) is 0.334. The highest BCUT2D eigenvalue weighted by molar-refractivity contribution is 6.46. The van der Waals surface area contributed by atoms with Crippen LogP contribution in [-0.4, -0.2) is 67.0 Å². The summed E-state index contributed by atoms with van der Waals surface area (Å²) in [5, 5.41) is 11.3. The van der Waals surface area contributed by atoms with E-state index < -0.39 is 17.7 Å². The Hall–Kier alpha value is -3.32. The van der Waals surface area contributed by atoms with E-state index in [2.05, 4.69) is 13.8 Å². The van der Waals surface area contributed by atoms with Gasteiger partial charge in [0.25, 0.3) is 11.7 Å². The summed E-state index contributed by atoms with van der Waals surface area (Å²) in [4.78, 5) is 29.7. The first-order valence-corrected chi connectivity index (χ1v) is 12.0. The minimum absolute atomic E-state index is 0.0909. The number of Topliss-reactive ketones (excluding diaryl/α,β-unsaturated/α-hetero) is 1. The van der Waals surface area contributed by atoms with Crippen molar-refractivity contribution < 1.29 is 24.2 Å². The van der Waals surface area contributed by atoms with E-state index in [9.17, 15) is 14.7 Å². The lowest BCUT2D eigenvalue weighted by atomic mass is 9.94. The maximum absolute atomic E-state index is 13.2. The lowest BCUT2D eigenvalue weighted by Gasteiger charge is -2.26. The van der Waals surface area contributed by atoms with Gasteiger partial charge in [0.15, 0.2) is 0 Å². The van der Waals surface area contributed by atoms with Gasteiger partial charge in [-0.1, -0.05) is 26.0 Å². The van der Waals surface area contributed by atoms with Crippen molar-refractivity contribution in [2.24, 2.45) is 5.92 Å². The fourth-order valence-corrected chi connectivity index (χ4v) is 4.05. The first-order valence-electron chi connectivity index (χ1n) is 12.0. The molecule has 1 aliphatic rings. The van der Waals surface area contributed by atoms with Gasteiger partial charge in [0.1, 0.15) is 17.3 Å². The number of aliphatic hydroxyl groups is 1. The van der Waals surface area contributed by atoms with Crippen molar-refractivity contribution in [2.75, 3.05) is 40.4 Å². The second-order valence-electron chi connectivity index (χ2n) is 9.48. The van der Waals surface area contributed by atoms with Crippen LogP contribution in [0.25, 0.3) is 5.76 Å². The number of ether oxygens (including phenoxy) is 2. The van der Waals surface area contributed by atoms with E-state index in [4.69, 9.17) is 9.47 Å². The summed E-state index contributed by atoms with van der Waals surface area (Å²) in [6.07, 6.45) is 0. The Labute approximate surface area is 207 Å². The summed E-state index contributed by atoms with van der Waals surface area (Å²) in [7, 11) is 3.82. The number of carbonyl (C=O) groups excluding carboxylic acids is 2. The number of hydrogen-bond donors (Lipinski definition) is 1. The molecule has 0 aliphatic carbocycles. The topological polar surface area (TPSA) is 79.3 Å². The van der Waals surface area contributed by atoms with Gasteiger partial charge >= 0.3 is 0 Å². The average Bonchev–Trinajstić information content (AvgIpc) is 3.06. The molecule has 188 valence electrons. The van der Waals surface area contributed by atoms with E-state index in [1.54, 1.807) is 18.2 Å². The van der Waals surface area contributed by atoms with Crippen molar-refractivity contribution in [1.29, 1.82) is 0 Å². The number of aryl methyl sites for hydroxylation is 1. The van der Waals surface area contributed by atoms with Crippen molar-refractivity contribution in [2.45, 2.75) is 33.7 Å². The van der Waals surface area contributed by atoms with Crippen molar-refractivity contribution in [3.8, 4) is 11.5 Å². The summed E-state index contributed by atoms with van der Waals surface area (Å²) in [5.41, 5.74) is 2.14. The van der Waals surface area contributed by atoms with Crippen molar-refractivity contribution >= 4 is 17.4 Å². The number of amides is 1. The number of likely N-dealkylation sites (tertiary alicyclic amines) is 1. The van der Waals surface area contributed by atoms with Gasteiger partial charge in [-0.25, -0.2) is 0 Å². The third-order valence-corrected chi connectivity index (χ3v) is 5.86. The average molecular weight is 481 g/mol. The van der Waals surface area contributed by atoms with Gasteiger partial charge in [0, 0.05) is 18.7 Å². The largest absolute Gasteiger partial charge is 0.507 e. The van der Waals surface area contributed by atoms with Crippen LogP contribution in [0.2, 0.25) is 0 Å². The molecule has 1 aliphatic heterocycles. The third kappa shape index (κ3) is 6.03. The molecular weight excluding hydrogens is 444 g/mol. The predicted molar refractivity (Wildman–Crippen MR) is 137 cm³/mol. The molecule has 1 fully saturated rings. The highest BCUT2D eigenvalue weighted by Gasteiger charge is 2.45. The smallest absolute Gasteiger partial charge is 0.295 e. The van der Waals surface area contributed by atoms with E-state index in [0.717, 1.165) is 16.9 Å². The molecule has 1 atom stereocenters. The Bertz CT molecular complexity index is 1090. The quantitative estimate of drug-likeness (QED) is 0.308. The van der Waals surface area contributed by atoms with Crippen LogP contribution in [0, 0.1) is 12.8 Å². The number of rotatable bonds is 10. The molecule has 0 spiro atoms. The molecule has 1 amide bonds. The zero-order valence-corrected chi connectivity index (χ0v) is 21.5. The summed E-state index contributed by atoms with van der Waals surface area (Å²) >= 11 is 0. The Balaban J connectivity index is 2.06. The van der Waals surface area contributed by atoms with Crippen molar-refractivity contribution in [3.63, 3.8) is 0 Å². The van der Waals surface area contributed by atoms with Gasteiger partial charge in [-0.15, -0.1) is 0 Å². The summed E-state index contributed by atoms with van der Waals surface area (Å²) < 4.78 is 11.4. The van der Waals surface area contributed by atoms with Crippen LogP contribution in [0.1, 0.15) is 43.5 Å². The summed E-state index contributed by atoms with van der Waals surface area (Å²) in [6, 6.07) is 11.9. The van der Waals surface area contributed by atoms with Crippen LogP contribution in [0.3, 0.4) is 0 Å². The van der Waals surface area contributed by atoms with Gasteiger partial charge in [0.05, 0.1) is 24.8 Å². The SMILES string of the molecule is CCOc1ccc(C2/C(=C(/O)c3ccc(OCC(C)C)c(C)c3)C(=O)C(=O)N2CCN(C)C)cc1. The first kappa shape index (κ1) is 26.3. The Morgan fingerprint density at radius 3 is 2.34 bits per heavy atom. The van der Waals surface area contributed by atoms with Crippen molar-refractivity contribution in [1.82, 2.24) is 9.80 Å². The lowest BCUT2D eigenvalue weighted by Crippen LogP contribution is -2.35. The minimum atomic E-state index is -0.692. The second-order valence-corrected chi connectivity index (χ2v) is 9.48.